The molecule has 1 heterocycles. The Kier molecular flexibility index (Phi) is 5.91. The lowest BCUT2D eigenvalue weighted by Gasteiger charge is -2.29. The highest BCUT2D eigenvalue weighted by Crippen LogP contribution is 2.23. The Morgan fingerprint density at radius 1 is 1.35 bits per heavy atom. The number of nitrogens with one attached hydrogen (secondary N) is 1. The van der Waals surface area contributed by atoms with Crippen molar-refractivity contribution in [1.82, 2.24) is 4.90 Å². The molecule has 1 aromatic rings. The summed E-state index contributed by atoms with van der Waals surface area (Å²) in [4.78, 5) is 14.2. The molecule has 1 aromatic carbocycles. The summed E-state index contributed by atoms with van der Waals surface area (Å²) in [5.74, 6) is 0. The average Bonchev–Trinajstić information content (AvgIpc) is 2.93. The summed E-state index contributed by atoms with van der Waals surface area (Å²) in [6, 6.07) is 8.64. The fourth-order valence-electron chi connectivity index (χ4n) is 3.02. The molecule has 23 heavy (non-hydrogen) atoms. The summed E-state index contributed by atoms with van der Waals surface area (Å²) < 4.78 is 5.53. The van der Waals surface area contributed by atoms with Gasteiger partial charge in [-0.3, -0.25) is 0 Å². The van der Waals surface area contributed by atoms with Crippen molar-refractivity contribution >= 4 is 11.8 Å². The monoisotopic (exact) mass is 318 g/mol. The van der Waals surface area contributed by atoms with Gasteiger partial charge in [-0.1, -0.05) is 31.5 Å². The van der Waals surface area contributed by atoms with Crippen LogP contribution in [0.4, 0.5) is 10.5 Å². The first-order chi connectivity index (χ1) is 10.9. The second-order valence-corrected chi connectivity index (χ2v) is 7.26. The van der Waals surface area contributed by atoms with E-state index in [0.717, 1.165) is 38.8 Å². The van der Waals surface area contributed by atoms with Crippen LogP contribution in [-0.2, 0) is 11.2 Å². The molecule has 1 N–H and O–H groups in total. The van der Waals surface area contributed by atoms with Crippen molar-refractivity contribution < 1.29 is 9.53 Å². The van der Waals surface area contributed by atoms with Gasteiger partial charge in [-0.2, -0.15) is 0 Å². The number of rotatable bonds is 5. The first kappa shape index (κ1) is 17.6. The van der Waals surface area contributed by atoms with Crippen LogP contribution >= 0.6 is 0 Å². The predicted octanol–water partition coefficient (Wildman–Crippen LogP) is 4.45. The maximum Gasteiger partial charge on any atom is 0.410 e. The van der Waals surface area contributed by atoms with E-state index in [9.17, 15) is 4.79 Å². The van der Waals surface area contributed by atoms with Gasteiger partial charge in [0.2, 0.25) is 0 Å². The summed E-state index contributed by atoms with van der Waals surface area (Å²) in [6.45, 7) is 9.50. The van der Waals surface area contributed by atoms with Gasteiger partial charge in [0.1, 0.15) is 5.60 Å². The Bertz CT molecular complexity index is 522. The molecule has 128 valence electrons. The lowest BCUT2D eigenvalue weighted by molar-refractivity contribution is 0.0235. The summed E-state index contributed by atoms with van der Waals surface area (Å²) >= 11 is 0. The summed E-state index contributed by atoms with van der Waals surface area (Å²) in [7, 11) is 0. The Balaban J connectivity index is 1.96. The van der Waals surface area contributed by atoms with Crippen molar-refractivity contribution in [2.45, 2.75) is 65.0 Å². The highest BCUT2D eigenvalue weighted by Gasteiger charge is 2.31. The summed E-state index contributed by atoms with van der Waals surface area (Å²) in [6.07, 6.45) is 4.09. The summed E-state index contributed by atoms with van der Waals surface area (Å²) in [5, 5.41) is 3.54. The van der Waals surface area contributed by atoms with Crippen molar-refractivity contribution in [3.63, 3.8) is 0 Å². The fourth-order valence-corrected chi connectivity index (χ4v) is 3.02. The zero-order valence-corrected chi connectivity index (χ0v) is 14.9. The van der Waals surface area contributed by atoms with E-state index in [1.54, 1.807) is 0 Å². The average molecular weight is 318 g/mol. The third-order valence-electron chi connectivity index (χ3n) is 4.07. The second kappa shape index (κ2) is 7.71. The highest BCUT2D eigenvalue weighted by molar-refractivity contribution is 5.69. The van der Waals surface area contributed by atoms with E-state index in [1.165, 1.54) is 11.3 Å². The maximum atomic E-state index is 12.3. The Morgan fingerprint density at radius 2 is 2.09 bits per heavy atom. The molecular formula is C19H30N2O2. The number of benzene rings is 1. The highest BCUT2D eigenvalue weighted by atomic mass is 16.6. The van der Waals surface area contributed by atoms with Gasteiger partial charge in [-0.15, -0.1) is 0 Å². The van der Waals surface area contributed by atoms with Crippen LogP contribution in [0.25, 0.3) is 0 Å². The molecule has 1 aliphatic heterocycles. The van der Waals surface area contributed by atoms with Crippen molar-refractivity contribution in [2.24, 2.45) is 0 Å². The number of likely N-dealkylation sites (tertiary alicyclic amines) is 1. The normalized spacial score (nSPS) is 18.1. The molecule has 1 amide bonds. The Hall–Kier alpha value is -1.71. The molecule has 2 rings (SSSR count). The van der Waals surface area contributed by atoms with Gasteiger partial charge in [0.05, 0.1) is 6.04 Å². The number of hydrogen-bond donors (Lipinski definition) is 1. The molecule has 1 saturated heterocycles. The predicted molar refractivity (Wildman–Crippen MR) is 94.9 cm³/mol. The number of para-hydroxylation sites is 1. The van der Waals surface area contributed by atoms with Gasteiger partial charge in [-0.25, -0.2) is 4.79 Å². The lowest BCUT2D eigenvalue weighted by atomic mass is 10.1. The number of anilines is 1. The van der Waals surface area contributed by atoms with E-state index in [2.05, 4.69) is 36.5 Å². The van der Waals surface area contributed by atoms with Crippen molar-refractivity contribution in [2.75, 3.05) is 18.4 Å². The summed E-state index contributed by atoms with van der Waals surface area (Å²) in [5.41, 5.74) is 2.09. The van der Waals surface area contributed by atoms with Crippen LogP contribution in [0.2, 0.25) is 0 Å². The number of hydrogen-bond acceptors (Lipinski definition) is 3. The molecule has 0 radical (unpaired) electrons. The molecule has 4 nitrogen and oxygen atoms in total. The molecular weight excluding hydrogens is 288 g/mol. The quantitative estimate of drug-likeness (QED) is 0.872. The molecule has 1 fully saturated rings. The molecule has 4 heteroatoms. The van der Waals surface area contributed by atoms with Crippen LogP contribution in [0.3, 0.4) is 0 Å². The van der Waals surface area contributed by atoms with Gasteiger partial charge in [0, 0.05) is 18.8 Å². The molecule has 0 aliphatic carbocycles. The largest absolute Gasteiger partial charge is 0.444 e. The van der Waals surface area contributed by atoms with Crippen LogP contribution in [0.15, 0.2) is 24.3 Å². The second-order valence-electron chi connectivity index (χ2n) is 7.26. The van der Waals surface area contributed by atoms with Gasteiger partial charge in [0.25, 0.3) is 0 Å². The Morgan fingerprint density at radius 3 is 2.78 bits per heavy atom. The van der Waals surface area contributed by atoms with E-state index in [-0.39, 0.29) is 12.1 Å². The van der Waals surface area contributed by atoms with Crippen LogP contribution in [0.5, 0.6) is 0 Å². The van der Waals surface area contributed by atoms with Gasteiger partial charge in [0.15, 0.2) is 0 Å². The van der Waals surface area contributed by atoms with Crippen molar-refractivity contribution in [3.05, 3.63) is 29.8 Å². The zero-order chi connectivity index (χ0) is 16.9. The lowest BCUT2D eigenvalue weighted by Crippen LogP contribution is -2.42. The van der Waals surface area contributed by atoms with Crippen LogP contribution in [0.1, 0.15) is 52.5 Å². The smallest absolute Gasteiger partial charge is 0.410 e. The van der Waals surface area contributed by atoms with E-state index in [0.29, 0.717) is 0 Å². The minimum absolute atomic E-state index is 0.191. The number of aryl methyl sites for hydroxylation is 1. The SMILES string of the molecule is CCCc1ccccc1NCC1CCCN1C(=O)OC(C)(C)C. The van der Waals surface area contributed by atoms with Gasteiger partial charge < -0.3 is 15.0 Å². The van der Waals surface area contributed by atoms with Gasteiger partial charge >= 0.3 is 6.09 Å². The van der Waals surface area contributed by atoms with Crippen LogP contribution < -0.4 is 5.32 Å². The Labute approximate surface area is 140 Å². The first-order valence-corrected chi connectivity index (χ1v) is 8.72. The van der Waals surface area contributed by atoms with Crippen LogP contribution in [0, 0.1) is 0 Å². The molecule has 1 unspecified atom stereocenters. The number of amides is 1. The minimum Gasteiger partial charge on any atom is -0.444 e. The third kappa shape index (κ3) is 5.15. The molecule has 0 saturated carbocycles. The maximum absolute atomic E-state index is 12.3. The number of carbonyl (C=O) groups excluding carboxylic acids is 1. The molecule has 1 aliphatic rings. The van der Waals surface area contributed by atoms with E-state index in [4.69, 9.17) is 4.74 Å². The number of carbonyl (C=O) groups is 1. The van der Waals surface area contributed by atoms with E-state index < -0.39 is 5.60 Å². The third-order valence-corrected chi connectivity index (χ3v) is 4.07. The van der Waals surface area contributed by atoms with E-state index in [1.807, 2.05) is 25.7 Å². The van der Waals surface area contributed by atoms with Crippen LogP contribution in [-0.4, -0.2) is 35.7 Å². The minimum atomic E-state index is -0.439. The molecule has 1 atom stereocenters. The first-order valence-electron chi connectivity index (χ1n) is 8.72. The van der Waals surface area contributed by atoms with Crippen molar-refractivity contribution in [1.29, 1.82) is 0 Å². The van der Waals surface area contributed by atoms with E-state index >= 15 is 0 Å². The standard InChI is InChI=1S/C19H30N2O2/c1-5-9-15-10-6-7-12-17(15)20-14-16-11-8-13-21(16)18(22)23-19(2,3)4/h6-7,10,12,16,20H,5,8-9,11,13-14H2,1-4H3. The molecule has 0 bridgehead atoms. The van der Waals surface area contributed by atoms with Gasteiger partial charge in [-0.05, 0) is 51.7 Å². The number of nitrogens with zero attached hydrogens (tertiary/aromatic N) is 1. The van der Waals surface area contributed by atoms with Crippen molar-refractivity contribution in [3.8, 4) is 0 Å². The molecule has 0 aromatic heterocycles. The molecule has 0 spiro atoms. The fraction of sp³-hybridized carbons (Fsp3) is 0.632. The zero-order valence-electron chi connectivity index (χ0n) is 14.9. The number of ether oxygens (including phenoxy) is 1. The topological polar surface area (TPSA) is 41.6 Å².